The first-order chi connectivity index (χ1) is 7.31. The van der Waals surface area contributed by atoms with Crippen molar-refractivity contribution in [2.75, 3.05) is 7.05 Å². The molecule has 78 valence electrons. The molecule has 2 rings (SSSR count). The van der Waals surface area contributed by atoms with Gasteiger partial charge in [0, 0.05) is 17.8 Å². The van der Waals surface area contributed by atoms with Crippen molar-refractivity contribution < 1.29 is 0 Å². The standard InChI is InChI=1S/C11H12ClN3/c1-13-8-11-5-6-14-15(11)10-4-2-3-9(12)7-10/h2-7,13H,8H2,1H3. The Morgan fingerprint density at radius 1 is 1.40 bits per heavy atom. The minimum absolute atomic E-state index is 0.721. The van der Waals surface area contributed by atoms with Crippen molar-refractivity contribution >= 4 is 11.6 Å². The Bertz CT molecular complexity index is 451. The number of hydrogen-bond donors (Lipinski definition) is 1. The van der Waals surface area contributed by atoms with Gasteiger partial charge in [-0.2, -0.15) is 5.10 Å². The minimum atomic E-state index is 0.721. The van der Waals surface area contributed by atoms with E-state index in [1.165, 1.54) is 0 Å². The van der Waals surface area contributed by atoms with Gasteiger partial charge in [0.25, 0.3) is 0 Å². The molecule has 0 atom stereocenters. The van der Waals surface area contributed by atoms with Crippen LogP contribution in [0.3, 0.4) is 0 Å². The zero-order valence-corrected chi connectivity index (χ0v) is 9.20. The fourth-order valence-electron chi connectivity index (χ4n) is 1.49. The summed E-state index contributed by atoms with van der Waals surface area (Å²) in [5.74, 6) is 0. The first kappa shape index (κ1) is 10.2. The fraction of sp³-hybridized carbons (Fsp3) is 0.182. The van der Waals surface area contributed by atoms with Crippen molar-refractivity contribution in [3.63, 3.8) is 0 Å². The molecule has 1 heterocycles. The van der Waals surface area contributed by atoms with Crippen LogP contribution in [0.25, 0.3) is 5.69 Å². The van der Waals surface area contributed by atoms with E-state index in [1.54, 1.807) is 6.20 Å². The van der Waals surface area contributed by atoms with Crippen LogP contribution in [0.2, 0.25) is 5.02 Å². The lowest BCUT2D eigenvalue weighted by atomic mass is 10.3. The van der Waals surface area contributed by atoms with Gasteiger partial charge in [0.1, 0.15) is 0 Å². The number of hydrogen-bond acceptors (Lipinski definition) is 2. The molecule has 0 saturated carbocycles. The Morgan fingerprint density at radius 3 is 3.00 bits per heavy atom. The van der Waals surface area contributed by atoms with Crippen LogP contribution >= 0.6 is 11.6 Å². The lowest BCUT2D eigenvalue weighted by Crippen LogP contribution is -2.10. The van der Waals surface area contributed by atoms with Crippen LogP contribution in [-0.4, -0.2) is 16.8 Å². The normalized spacial score (nSPS) is 10.5. The second-order valence-corrected chi connectivity index (χ2v) is 3.68. The maximum atomic E-state index is 5.93. The van der Waals surface area contributed by atoms with Gasteiger partial charge < -0.3 is 5.32 Å². The van der Waals surface area contributed by atoms with E-state index >= 15 is 0 Å². The Kier molecular flexibility index (Phi) is 3.04. The molecule has 1 N–H and O–H groups in total. The lowest BCUT2D eigenvalue weighted by Gasteiger charge is -2.06. The molecule has 0 unspecified atom stereocenters. The average Bonchev–Trinajstić information content (AvgIpc) is 2.66. The minimum Gasteiger partial charge on any atom is -0.314 e. The smallest absolute Gasteiger partial charge is 0.0664 e. The molecule has 0 aliphatic heterocycles. The van der Waals surface area contributed by atoms with E-state index < -0.39 is 0 Å². The molecule has 0 aliphatic carbocycles. The largest absolute Gasteiger partial charge is 0.314 e. The highest BCUT2D eigenvalue weighted by Gasteiger charge is 2.03. The molecule has 4 heteroatoms. The first-order valence-electron chi connectivity index (χ1n) is 4.74. The molecule has 0 radical (unpaired) electrons. The van der Waals surface area contributed by atoms with E-state index in [0.29, 0.717) is 0 Å². The molecular weight excluding hydrogens is 210 g/mol. The van der Waals surface area contributed by atoms with Gasteiger partial charge in [-0.25, -0.2) is 4.68 Å². The summed E-state index contributed by atoms with van der Waals surface area (Å²) in [7, 11) is 1.91. The molecule has 1 aromatic heterocycles. The third-order valence-electron chi connectivity index (χ3n) is 2.13. The molecule has 0 bridgehead atoms. The summed E-state index contributed by atoms with van der Waals surface area (Å²) in [6, 6.07) is 9.64. The number of rotatable bonds is 3. The molecule has 0 amide bonds. The highest BCUT2D eigenvalue weighted by atomic mass is 35.5. The van der Waals surface area contributed by atoms with Crippen LogP contribution in [-0.2, 0) is 6.54 Å². The number of benzene rings is 1. The third kappa shape index (κ3) is 2.19. The highest BCUT2D eigenvalue weighted by molar-refractivity contribution is 6.30. The summed E-state index contributed by atoms with van der Waals surface area (Å²) in [5, 5.41) is 8.09. The van der Waals surface area contributed by atoms with Gasteiger partial charge in [0.05, 0.1) is 11.4 Å². The van der Waals surface area contributed by atoms with Crippen LogP contribution in [0, 0.1) is 0 Å². The van der Waals surface area contributed by atoms with Crippen LogP contribution in [0.4, 0.5) is 0 Å². The fourth-order valence-corrected chi connectivity index (χ4v) is 1.67. The Labute approximate surface area is 93.7 Å². The van der Waals surface area contributed by atoms with Gasteiger partial charge in [0.15, 0.2) is 0 Å². The summed E-state index contributed by atoms with van der Waals surface area (Å²) >= 11 is 5.93. The van der Waals surface area contributed by atoms with Crippen molar-refractivity contribution in [3.8, 4) is 5.69 Å². The number of aromatic nitrogens is 2. The first-order valence-corrected chi connectivity index (χ1v) is 5.12. The summed E-state index contributed by atoms with van der Waals surface area (Å²) in [6.45, 7) is 0.784. The van der Waals surface area contributed by atoms with Gasteiger partial charge in [-0.05, 0) is 31.3 Å². The van der Waals surface area contributed by atoms with Crippen molar-refractivity contribution in [2.45, 2.75) is 6.54 Å². The van der Waals surface area contributed by atoms with Gasteiger partial charge in [0.2, 0.25) is 0 Å². The predicted molar refractivity (Wildman–Crippen MR) is 61.3 cm³/mol. The highest BCUT2D eigenvalue weighted by Crippen LogP contribution is 2.15. The maximum Gasteiger partial charge on any atom is 0.0664 e. The van der Waals surface area contributed by atoms with Gasteiger partial charge >= 0.3 is 0 Å². The summed E-state index contributed by atoms with van der Waals surface area (Å²) in [6.07, 6.45) is 1.79. The molecule has 15 heavy (non-hydrogen) atoms. The van der Waals surface area contributed by atoms with Crippen LogP contribution in [0.15, 0.2) is 36.5 Å². The SMILES string of the molecule is CNCc1ccnn1-c1cccc(Cl)c1. The zero-order valence-electron chi connectivity index (χ0n) is 8.44. The van der Waals surface area contributed by atoms with E-state index in [2.05, 4.69) is 10.4 Å². The molecule has 0 saturated heterocycles. The second-order valence-electron chi connectivity index (χ2n) is 3.24. The molecule has 1 aromatic carbocycles. The Morgan fingerprint density at radius 2 is 2.27 bits per heavy atom. The van der Waals surface area contributed by atoms with Gasteiger partial charge in [-0.1, -0.05) is 17.7 Å². The molecule has 0 fully saturated rings. The maximum absolute atomic E-state index is 5.93. The topological polar surface area (TPSA) is 29.9 Å². The van der Waals surface area contributed by atoms with Crippen LogP contribution in [0.5, 0.6) is 0 Å². The van der Waals surface area contributed by atoms with Crippen LogP contribution < -0.4 is 5.32 Å². The predicted octanol–water partition coefficient (Wildman–Crippen LogP) is 2.25. The third-order valence-corrected chi connectivity index (χ3v) is 2.37. The van der Waals surface area contributed by atoms with Crippen molar-refractivity contribution in [1.29, 1.82) is 0 Å². The number of nitrogens with zero attached hydrogens (tertiary/aromatic N) is 2. The lowest BCUT2D eigenvalue weighted by molar-refractivity contribution is 0.729. The van der Waals surface area contributed by atoms with E-state index in [1.807, 2.05) is 42.1 Å². The monoisotopic (exact) mass is 221 g/mol. The number of nitrogens with one attached hydrogen (secondary N) is 1. The van der Waals surface area contributed by atoms with Crippen molar-refractivity contribution in [2.24, 2.45) is 0 Å². The van der Waals surface area contributed by atoms with Crippen molar-refractivity contribution in [1.82, 2.24) is 15.1 Å². The molecular formula is C11H12ClN3. The van der Waals surface area contributed by atoms with Crippen LogP contribution in [0.1, 0.15) is 5.69 Å². The van der Waals surface area contributed by atoms with Gasteiger partial charge in [-0.3, -0.25) is 0 Å². The average molecular weight is 222 g/mol. The van der Waals surface area contributed by atoms with E-state index in [4.69, 9.17) is 11.6 Å². The summed E-state index contributed by atoms with van der Waals surface area (Å²) in [4.78, 5) is 0. The molecule has 2 aromatic rings. The number of halogens is 1. The molecule has 3 nitrogen and oxygen atoms in total. The van der Waals surface area contributed by atoms with E-state index in [9.17, 15) is 0 Å². The summed E-state index contributed by atoms with van der Waals surface area (Å²) in [5.41, 5.74) is 2.09. The Balaban J connectivity index is 2.40. The van der Waals surface area contributed by atoms with Gasteiger partial charge in [-0.15, -0.1) is 0 Å². The zero-order chi connectivity index (χ0) is 10.7. The van der Waals surface area contributed by atoms with Crippen molar-refractivity contribution in [3.05, 3.63) is 47.2 Å². The summed E-state index contributed by atoms with van der Waals surface area (Å²) < 4.78 is 1.88. The second kappa shape index (κ2) is 4.47. The molecule has 0 aliphatic rings. The van der Waals surface area contributed by atoms with E-state index in [0.717, 1.165) is 22.9 Å². The van der Waals surface area contributed by atoms with E-state index in [-0.39, 0.29) is 0 Å². The quantitative estimate of drug-likeness (QED) is 0.862. The molecule has 0 spiro atoms. The Hall–Kier alpha value is -1.32.